The van der Waals surface area contributed by atoms with Crippen LogP contribution in [0.2, 0.25) is 0 Å². The van der Waals surface area contributed by atoms with Crippen molar-refractivity contribution in [3.8, 4) is 0 Å². The second kappa shape index (κ2) is 6.83. The summed E-state index contributed by atoms with van der Waals surface area (Å²) in [5, 5.41) is 8.92. The highest BCUT2D eigenvalue weighted by Crippen LogP contribution is 2.30. The van der Waals surface area contributed by atoms with E-state index in [-0.39, 0.29) is 11.0 Å². The molecule has 27 heavy (non-hydrogen) atoms. The number of hydrogen-bond donors (Lipinski definition) is 1. The molecule has 0 fully saturated rings. The molecule has 0 atom stereocenters. The molecule has 2 aromatic rings. The molecule has 0 aromatic heterocycles. The van der Waals surface area contributed by atoms with E-state index in [1.807, 2.05) is 24.3 Å². The maximum absolute atomic E-state index is 12.1. The number of aliphatic carboxylic acids is 1. The third kappa shape index (κ3) is 3.82. The molecular formula is C22H21NO4. The molecule has 5 heteroatoms. The third-order valence-corrected chi connectivity index (χ3v) is 4.53. The smallest absolute Gasteiger partial charge is 0.323 e. The second-order valence-electron chi connectivity index (χ2n) is 7.60. The lowest BCUT2D eigenvalue weighted by Gasteiger charge is -2.18. The van der Waals surface area contributed by atoms with Crippen LogP contribution in [0.1, 0.15) is 47.8 Å². The topological polar surface area (TPSA) is 74.7 Å². The Morgan fingerprint density at radius 1 is 1.00 bits per heavy atom. The van der Waals surface area contributed by atoms with Gasteiger partial charge in [-0.15, -0.1) is 0 Å². The first-order chi connectivity index (χ1) is 12.7. The fraction of sp³-hybridized carbons (Fsp3) is 0.227. The molecule has 1 aliphatic rings. The van der Waals surface area contributed by atoms with Crippen LogP contribution in [0.15, 0.2) is 42.5 Å². The number of amides is 1. The molecule has 0 spiro atoms. The average molecular weight is 363 g/mol. The predicted octanol–water partition coefficient (Wildman–Crippen LogP) is 3.77. The molecule has 0 saturated carbocycles. The summed E-state index contributed by atoms with van der Waals surface area (Å²) >= 11 is 0. The van der Waals surface area contributed by atoms with E-state index >= 15 is 0 Å². The summed E-state index contributed by atoms with van der Waals surface area (Å²) < 4.78 is 0. The molecule has 0 radical (unpaired) electrons. The van der Waals surface area contributed by atoms with Crippen LogP contribution >= 0.6 is 0 Å². The predicted molar refractivity (Wildman–Crippen MR) is 105 cm³/mol. The van der Waals surface area contributed by atoms with Crippen molar-refractivity contribution in [2.24, 2.45) is 0 Å². The fourth-order valence-electron chi connectivity index (χ4n) is 3.00. The number of Topliss-reactive ketones (excluding diaryl/α,β-unsaturated/α-hetero) is 1. The lowest BCUT2D eigenvalue weighted by atomic mass is 9.87. The second-order valence-corrected chi connectivity index (χ2v) is 7.60. The standard InChI is InChI=1S/C22H21NO4/c1-22(2,3)16-9-6-14(7-10-16)4-5-15-8-11-18-17(12-15)20(26)21(27)23(18)13-19(24)25/h4-12H,13H2,1-3H3,(H,24,25)/b5-4+. The van der Waals surface area contributed by atoms with E-state index in [1.54, 1.807) is 18.2 Å². The zero-order valence-electron chi connectivity index (χ0n) is 15.5. The van der Waals surface area contributed by atoms with Crippen LogP contribution in [-0.2, 0) is 15.0 Å². The normalized spacial score (nSPS) is 14.1. The van der Waals surface area contributed by atoms with Gasteiger partial charge in [0.15, 0.2) is 0 Å². The monoisotopic (exact) mass is 363 g/mol. The van der Waals surface area contributed by atoms with Gasteiger partial charge in [0.05, 0.1) is 11.3 Å². The van der Waals surface area contributed by atoms with E-state index < -0.39 is 24.2 Å². The minimum Gasteiger partial charge on any atom is -0.480 e. The Morgan fingerprint density at radius 3 is 2.19 bits per heavy atom. The lowest BCUT2D eigenvalue weighted by molar-refractivity contribution is -0.136. The first kappa shape index (κ1) is 18.6. The summed E-state index contributed by atoms with van der Waals surface area (Å²) in [7, 11) is 0. The Labute approximate surface area is 157 Å². The number of carbonyl (C=O) groups is 3. The molecule has 0 aliphatic carbocycles. The van der Waals surface area contributed by atoms with E-state index in [2.05, 4.69) is 32.9 Å². The largest absolute Gasteiger partial charge is 0.480 e. The van der Waals surface area contributed by atoms with Crippen LogP contribution < -0.4 is 4.90 Å². The number of benzene rings is 2. The zero-order valence-corrected chi connectivity index (χ0v) is 15.5. The van der Waals surface area contributed by atoms with Crippen molar-refractivity contribution >= 4 is 35.5 Å². The van der Waals surface area contributed by atoms with Crippen molar-refractivity contribution in [1.29, 1.82) is 0 Å². The number of fused-ring (bicyclic) bond motifs is 1. The summed E-state index contributed by atoms with van der Waals surface area (Å²) in [6, 6.07) is 13.3. The Hall–Kier alpha value is -3.21. The van der Waals surface area contributed by atoms with Crippen LogP contribution in [0.4, 0.5) is 5.69 Å². The number of hydrogen-bond acceptors (Lipinski definition) is 3. The van der Waals surface area contributed by atoms with Gasteiger partial charge in [-0.2, -0.15) is 0 Å². The molecular weight excluding hydrogens is 342 g/mol. The first-order valence-electron chi connectivity index (χ1n) is 8.67. The molecule has 138 valence electrons. The van der Waals surface area contributed by atoms with Gasteiger partial charge in [0.1, 0.15) is 6.54 Å². The molecule has 1 amide bonds. The minimum absolute atomic E-state index is 0.0942. The van der Waals surface area contributed by atoms with Crippen LogP contribution in [-0.4, -0.2) is 29.3 Å². The van der Waals surface area contributed by atoms with Crippen molar-refractivity contribution in [3.63, 3.8) is 0 Å². The molecule has 0 bridgehead atoms. The number of ketones is 1. The van der Waals surface area contributed by atoms with Crippen molar-refractivity contribution < 1.29 is 19.5 Å². The van der Waals surface area contributed by atoms with Gasteiger partial charge in [0.2, 0.25) is 0 Å². The summed E-state index contributed by atoms with van der Waals surface area (Å²) in [5.41, 5.74) is 3.73. The van der Waals surface area contributed by atoms with Crippen molar-refractivity contribution in [3.05, 3.63) is 64.7 Å². The highest BCUT2D eigenvalue weighted by molar-refractivity contribution is 6.52. The van der Waals surface area contributed by atoms with Crippen LogP contribution in [0, 0.1) is 0 Å². The number of carbonyl (C=O) groups excluding carboxylic acids is 2. The van der Waals surface area contributed by atoms with Gasteiger partial charge in [-0.1, -0.05) is 63.3 Å². The molecule has 0 saturated heterocycles. The SMILES string of the molecule is CC(C)(C)c1ccc(/C=C/c2ccc3c(c2)C(=O)C(=O)N3CC(=O)O)cc1. The molecule has 1 N–H and O–H groups in total. The number of nitrogens with zero attached hydrogens (tertiary/aromatic N) is 1. The summed E-state index contributed by atoms with van der Waals surface area (Å²) in [6.45, 7) is 5.96. The maximum atomic E-state index is 12.1. The van der Waals surface area contributed by atoms with Gasteiger partial charge < -0.3 is 5.11 Å². The quantitative estimate of drug-likeness (QED) is 0.663. The number of carboxylic acid groups (broad SMARTS) is 1. The summed E-state index contributed by atoms with van der Waals surface area (Å²) in [4.78, 5) is 36.0. The Kier molecular flexibility index (Phi) is 4.70. The van der Waals surface area contributed by atoms with E-state index in [4.69, 9.17) is 5.11 Å². The highest BCUT2D eigenvalue weighted by atomic mass is 16.4. The minimum atomic E-state index is -1.16. The van der Waals surface area contributed by atoms with Gasteiger partial charge in [0, 0.05) is 0 Å². The average Bonchev–Trinajstić information content (AvgIpc) is 2.84. The first-order valence-corrected chi connectivity index (χ1v) is 8.67. The summed E-state index contributed by atoms with van der Waals surface area (Å²) in [6.07, 6.45) is 3.80. The van der Waals surface area contributed by atoms with Crippen molar-refractivity contribution in [2.45, 2.75) is 26.2 Å². The third-order valence-electron chi connectivity index (χ3n) is 4.53. The molecule has 3 rings (SSSR count). The number of rotatable bonds is 4. The van der Waals surface area contributed by atoms with E-state index in [0.29, 0.717) is 5.69 Å². The number of anilines is 1. The fourth-order valence-corrected chi connectivity index (χ4v) is 3.00. The Balaban J connectivity index is 1.84. The van der Waals surface area contributed by atoms with Gasteiger partial charge >= 0.3 is 5.97 Å². The Bertz CT molecular complexity index is 949. The molecule has 0 unspecified atom stereocenters. The van der Waals surface area contributed by atoms with E-state index in [0.717, 1.165) is 16.0 Å². The maximum Gasteiger partial charge on any atom is 0.323 e. The van der Waals surface area contributed by atoms with Crippen LogP contribution in [0.25, 0.3) is 12.2 Å². The highest BCUT2D eigenvalue weighted by Gasteiger charge is 2.36. The molecule has 2 aromatic carbocycles. The van der Waals surface area contributed by atoms with Crippen LogP contribution in [0.5, 0.6) is 0 Å². The lowest BCUT2D eigenvalue weighted by Crippen LogP contribution is -2.34. The summed E-state index contributed by atoms with van der Waals surface area (Å²) in [5.74, 6) is -2.63. The number of carboxylic acids is 1. The van der Waals surface area contributed by atoms with Gasteiger partial charge in [-0.05, 0) is 34.2 Å². The van der Waals surface area contributed by atoms with Gasteiger partial charge in [-0.3, -0.25) is 19.3 Å². The van der Waals surface area contributed by atoms with E-state index in [1.165, 1.54) is 5.56 Å². The van der Waals surface area contributed by atoms with Crippen molar-refractivity contribution in [2.75, 3.05) is 11.4 Å². The van der Waals surface area contributed by atoms with Gasteiger partial charge in [-0.25, -0.2) is 0 Å². The van der Waals surface area contributed by atoms with Gasteiger partial charge in [0.25, 0.3) is 11.7 Å². The molecule has 5 nitrogen and oxygen atoms in total. The van der Waals surface area contributed by atoms with Crippen molar-refractivity contribution in [1.82, 2.24) is 0 Å². The molecule has 1 heterocycles. The zero-order chi connectivity index (χ0) is 19.8. The van der Waals surface area contributed by atoms with Crippen LogP contribution in [0.3, 0.4) is 0 Å². The van der Waals surface area contributed by atoms with E-state index in [9.17, 15) is 14.4 Å². The Morgan fingerprint density at radius 2 is 1.59 bits per heavy atom. The molecule has 1 aliphatic heterocycles.